The maximum absolute atomic E-state index is 5.62. The zero-order valence-corrected chi connectivity index (χ0v) is 12.4. The molecule has 0 bridgehead atoms. The van der Waals surface area contributed by atoms with E-state index < -0.39 is 0 Å². The molecule has 0 atom stereocenters. The van der Waals surface area contributed by atoms with Gasteiger partial charge in [0, 0.05) is 23.7 Å². The minimum absolute atomic E-state index is 0.249. The number of nitrogens with zero attached hydrogens (tertiary/aromatic N) is 4. The first kappa shape index (κ1) is 14.0. The Balaban J connectivity index is 2.13. The van der Waals surface area contributed by atoms with Crippen molar-refractivity contribution in [3.63, 3.8) is 0 Å². The summed E-state index contributed by atoms with van der Waals surface area (Å²) in [7, 11) is 0. The Bertz CT molecular complexity index is 860. The van der Waals surface area contributed by atoms with Gasteiger partial charge in [-0.15, -0.1) is 5.10 Å². The van der Waals surface area contributed by atoms with Gasteiger partial charge in [0.25, 0.3) is 0 Å². The van der Waals surface area contributed by atoms with Crippen LogP contribution in [0.25, 0.3) is 17.2 Å². The van der Waals surface area contributed by atoms with Crippen LogP contribution in [0.15, 0.2) is 49.4 Å². The largest absolute Gasteiger partial charge is 0.367 e. The molecule has 0 fully saturated rings. The number of fused-ring (bicyclic) bond motifs is 1. The Morgan fingerprint density at radius 2 is 2.23 bits per heavy atom. The van der Waals surface area contributed by atoms with Crippen LogP contribution in [0.1, 0.15) is 23.7 Å². The van der Waals surface area contributed by atoms with Crippen LogP contribution >= 0.6 is 0 Å². The Hall–Kier alpha value is -2.95. The molecule has 2 N–H and O–H groups in total. The summed E-state index contributed by atoms with van der Waals surface area (Å²) in [6, 6.07) is 5.98. The van der Waals surface area contributed by atoms with E-state index >= 15 is 0 Å². The quantitative estimate of drug-likeness (QED) is 0.750. The fourth-order valence-electron chi connectivity index (χ4n) is 2.45. The number of nitrogens with two attached hydrogens (primary N) is 1. The van der Waals surface area contributed by atoms with Gasteiger partial charge in [0.2, 0.25) is 5.95 Å². The van der Waals surface area contributed by atoms with Crippen LogP contribution < -0.4 is 5.73 Å². The van der Waals surface area contributed by atoms with Gasteiger partial charge in [-0.3, -0.25) is 4.98 Å². The minimum Gasteiger partial charge on any atom is -0.367 e. The van der Waals surface area contributed by atoms with Crippen LogP contribution in [0, 0.1) is 0 Å². The van der Waals surface area contributed by atoms with Crippen molar-refractivity contribution in [3.8, 4) is 0 Å². The molecule has 5 nitrogen and oxygen atoms in total. The molecule has 5 heteroatoms. The van der Waals surface area contributed by atoms with Gasteiger partial charge in [0.1, 0.15) is 0 Å². The minimum atomic E-state index is 0.249. The Morgan fingerprint density at radius 3 is 3.00 bits per heavy atom. The van der Waals surface area contributed by atoms with Crippen LogP contribution in [0.5, 0.6) is 0 Å². The molecule has 0 saturated heterocycles. The van der Waals surface area contributed by atoms with Gasteiger partial charge < -0.3 is 5.73 Å². The van der Waals surface area contributed by atoms with Gasteiger partial charge in [0.15, 0.2) is 0 Å². The van der Waals surface area contributed by atoms with Gasteiger partial charge in [-0.2, -0.15) is 0 Å². The Labute approximate surface area is 128 Å². The monoisotopic (exact) mass is 291 g/mol. The summed E-state index contributed by atoms with van der Waals surface area (Å²) in [6.45, 7) is 6.02. The van der Waals surface area contributed by atoms with Crippen molar-refractivity contribution in [2.45, 2.75) is 13.3 Å². The van der Waals surface area contributed by atoms with E-state index in [0.717, 1.165) is 34.3 Å². The van der Waals surface area contributed by atoms with E-state index in [9.17, 15) is 0 Å². The molecule has 3 aromatic rings. The normalized spacial score (nSPS) is 11.8. The Morgan fingerprint density at radius 1 is 1.36 bits per heavy atom. The number of aryl methyl sites for hydroxylation is 1. The molecule has 110 valence electrons. The van der Waals surface area contributed by atoms with Crippen LogP contribution in [0.2, 0.25) is 0 Å². The number of aromatic nitrogens is 4. The lowest BCUT2D eigenvalue weighted by Crippen LogP contribution is -1.99. The number of allylic oxidation sites excluding steroid dienone is 2. The zero-order chi connectivity index (χ0) is 15.5. The number of pyridine rings is 1. The van der Waals surface area contributed by atoms with E-state index in [1.807, 2.05) is 30.6 Å². The average molecular weight is 291 g/mol. The molecule has 22 heavy (non-hydrogen) atoms. The maximum Gasteiger partial charge on any atom is 0.238 e. The highest BCUT2D eigenvalue weighted by Gasteiger charge is 2.08. The van der Waals surface area contributed by atoms with Crippen LogP contribution in [0.4, 0.5) is 5.95 Å². The van der Waals surface area contributed by atoms with Crippen molar-refractivity contribution >= 4 is 23.1 Å². The fraction of sp³-hybridized carbons (Fsp3) is 0.118. The SMILES string of the molecule is C=C/C(=C\c1cccnc1CC)c1ccn2nc(N)ncc12. The van der Waals surface area contributed by atoms with E-state index in [4.69, 9.17) is 5.73 Å². The van der Waals surface area contributed by atoms with E-state index in [0.29, 0.717) is 0 Å². The highest BCUT2D eigenvalue weighted by Crippen LogP contribution is 2.25. The summed E-state index contributed by atoms with van der Waals surface area (Å²) in [5, 5.41) is 4.16. The molecule has 0 aliphatic carbocycles. The van der Waals surface area contributed by atoms with E-state index in [1.54, 1.807) is 10.7 Å². The first-order chi connectivity index (χ1) is 10.7. The molecule has 3 aromatic heterocycles. The summed E-state index contributed by atoms with van der Waals surface area (Å²) >= 11 is 0. The lowest BCUT2D eigenvalue weighted by molar-refractivity contribution is 0.917. The third-order valence-corrected chi connectivity index (χ3v) is 3.54. The van der Waals surface area contributed by atoms with Crippen molar-refractivity contribution in [1.29, 1.82) is 0 Å². The fourth-order valence-corrected chi connectivity index (χ4v) is 2.45. The summed E-state index contributed by atoms with van der Waals surface area (Å²) in [4.78, 5) is 8.48. The van der Waals surface area contributed by atoms with Crippen molar-refractivity contribution < 1.29 is 0 Å². The van der Waals surface area contributed by atoms with E-state index in [-0.39, 0.29) is 5.95 Å². The predicted octanol–water partition coefficient (Wildman–Crippen LogP) is 3.00. The number of nitrogen functional groups attached to an aromatic ring is 1. The highest BCUT2D eigenvalue weighted by atomic mass is 15.3. The Kier molecular flexibility index (Phi) is 3.70. The summed E-state index contributed by atoms with van der Waals surface area (Å²) in [5.74, 6) is 0.249. The molecule has 0 spiro atoms. The summed E-state index contributed by atoms with van der Waals surface area (Å²) < 4.78 is 1.72. The molecule has 3 rings (SSSR count). The van der Waals surface area contributed by atoms with Crippen LogP contribution in [0.3, 0.4) is 0 Å². The molecule has 0 unspecified atom stereocenters. The first-order valence-electron chi connectivity index (χ1n) is 7.11. The molecule has 0 radical (unpaired) electrons. The number of hydrogen-bond acceptors (Lipinski definition) is 4. The molecule has 0 aliphatic rings. The molecule has 0 saturated carbocycles. The first-order valence-corrected chi connectivity index (χ1v) is 7.11. The summed E-state index contributed by atoms with van der Waals surface area (Å²) in [6.07, 6.45) is 10.2. The summed E-state index contributed by atoms with van der Waals surface area (Å²) in [5.41, 5.74) is 10.7. The van der Waals surface area contributed by atoms with Crippen molar-refractivity contribution in [1.82, 2.24) is 19.6 Å². The second-order valence-corrected chi connectivity index (χ2v) is 4.87. The molecule has 0 amide bonds. The van der Waals surface area contributed by atoms with Crippen LogP contribution in [-0.4, -0.2) is 19.6 Å². The van der Waals surface area contributed by atoms with E-state index in [1.165, 1.54) is 0 Å². The standard InChI is InChI=1S/C17H17N5/c1-3-12(10-13-6-5-8-19-15(13)4-2)14-7-9-22-16(14)11-20-17(18)21-22/h3,5-11H,1,4H2,2H3,(H2,18,21)/b12-10+. The third-order valence-electron chi connectivity index (χ3n) is 3.54. The van der Waals surface area contributed by atoms with Gasteiger partial charge in [-0.25, -0.2) is 9.50 Å². The predicted molar refractivity (Wildman–Crippen MR) is 89.1 cm³/mol. The molecule has 0 aliphatic heterocycles. The highest BCUT2D eigenvalue weighted by molar-refractivity contribution is 5.93. The zero-order valence-electron chi connectivity index (χ0n) is 12.4. The molecular weight excluding hydrogens is 274 g/mol. The number of hydrogen-bond donors (Lipinski definition) is 1. The number of rotatable bonds is 4. The average Bonchev–Trinajstić information content (AvgIpc) is 2.95. The van der Waals surface area contributed by atoms with Crippen molar-refractivity contribution in [2.24, 2.45) is 0 Å². The van der Waals surface area contributed by atoms with Gasteiger partial charge in [0.05, 0.1) is 11.7 Å². The number of anilines is 1. The van der Waals surface area contributed by atoms with E-state index in [2.05, 4.69) is 40.7 Å². The smallest absolute Gasteiger partial charge is 0.238 e. The van der Waals surface area contributed by atoms with Crippen molar-refractivity contribution in [2.75, 3.05) is 5.73 Å². The molecule has 0 aromatic carbocycles. The third kappa shape index (κ3) is 2.48. The topological polar surface area (TPSA) is 69.1 Å². The lowest BCUT2D eigenvalue weighted by atomic mass is 10.0. The maximum atomic E-state index is 5.62. The lowest BCUT2D eigenvalue weighted by Gasteiger charge is -2.05. The van der Waals surface area contributed by atoms with Gasteiger partial charge in [-0.1, -0.05) is 25.6 Å². The molecule has 3 heterocycles. The van der Waals surface area contributed by atoms with Gasteiger partial charge in [-0.05, 0) is 35.8 Å². The van der Waals surface area contributed by atoms with Crippen molar-refractivity contribution in [3.05, 3.63) is 66.3 Å². The van der Waals surface area contributed by atoms with Crippen LogP contribution in [-0.2, 0) is 6.42 Å². The second kappa shape index (κ2) is 5.81. The second-order valence-electron chi connectivity index (χ2n) is 4.87. The molecular formula is C17H17N5. The van der Waals surface area contributed by atoms with Gasteiger partial charge >= 0.3 is 0 Å².